The van der Waals surface area contributed by atoms with Gasteiger partial charge in [0.2, 0.25) is 0 Å². The Morgan fingerprint density at radius 1 is 1.11 bits per heavy atom. The molecule has 5 rings (SSSR count). The summed E-state index contributed by atoms with van der Waals surface area (Å²) < 4.78 is 8.17. The molecule has 0 bridgehead atoms. The lowest BCUT2D eigenvalue weighted by Crippen LogP contribution is -2.50. The molecule has 8 heteroatoms. The van der Waals surface area contributed by atoms with Gasteiger partial charge in [0, 0.05) is 53.8 Å². The Kier molecular flexibility index (Phi) is 7.31. The van der Waals surface area contributed by atoms with Gasteiger partial charge >= 0.3 is 17.9 Å². The van der Waals surface area contributed by atoms with Crippen LogP contribution in [0.4, 0.5) is 0 Å². The number of aliphatic carboxylic acids is 2. The molecule has 188 valence electrons. The molecule has 1 aromatic heterocycles. The molecule has 1 saturated carbocycles. The van der Waals surface area contributed by atoms with Gasteiger partial charge in [-0.2, -0.15) is 0 Å². The first-order valence-corrected chi connectivity index (χ1v) is 12.3. The monoisotopic (exact) mass is 482 g/mol. The van der Waals surface area contributed by atoms with E-state index in [9.17, 15) is 14.4 Å². The molecule has 1 aromatic carbocycles. The van der Waals surface area contributed by atoms with E-state index in [0.717, 1.165) is 32.2 Å². The maximum absolute atomic E-state index is 12.7. The van der Waals surface area contributed by atoms with E-state index in [4.69, 9.17) is 14.9 Å². The second-order valence-corrected chi connectivity index (χ2v) is 10.1. The molecule has 0 amide bonds. The van der Waals surface area contributed by atoms with E-state index in [2.05, 4.69) is 54.8 Å². The van der Waals surface area contributed by atoms with Crippen LogP contribution < -0.4 is 0 Å². The molecule has 2 N–H and O–H groups in total. The molecule has 3 atom stereocenters. The van der Waals surface area contributed by atoms with Crippen molar-refractivity contribution in [2.24, 2.45) is 5.92 Å². The van der Waals surface area contributed by atoms with Gasteiger partial charge in [0.15, 0.2) is 0 Å². The van der Waals surface area contributed by atoms with Crippen molar-refractivity contribution in [3.63, 3.8) is 0 Å². The van der Waals surface area contributed by atoms with Crippen LogP contribution in [-0.4, -0.2) is 63.3 Å². The summed E-state index contributed by atoms with van der Waals surface area (Å²) in [5, 5.41) is 17.1. The second-order valence-electron chi connectivity index (χ2n) is 10.1. The smallest absolute Gasteiger partial charge is 0.328 e. The molecule has 2 heterocycles. The quantitative estimate of drug-likeness (QED) is 0.490. The Hall–Kier alpha value is -3.13. The number of carboxylic acids is 2. The number of piperidine rings is 1. The summed E-state index contributed by atoms with van der Waals surface area (Å²) in [5.41, 5.74) is 4.25. The summed E-state index contributed by atoms with van der Waals surface area (Å²) in [4.78, 5) is 34.3. The van der Waals surface area contributed by atoms with Crippen molar-refractivity contribution >= 4 is 28.8 Å². The highest BCUT2D eigenvalue weighted by molar-refractivity contribution is 5.90. The molecule has 8 nitrogen and oxygen atoms in total. The maximum Gasteiger partial charge on any atom is 0.328 e. The zero-order chi connectivity index (χ0) is 25.3. The van der Waals surface area contributed by atoms with E-state index in [1.165, 1.54) is 28.5 Å². The number of rotatable bonds is 5. The molecular formula is C27H34N2O6. The van der Waals surface area contributed by atoms with E-state index < -0.39 is 11.9 Å². The predicted octanol–water partition coefficient (Wildman–Crippen LogP) is 3.99. The van der Waals surface area contributed by atoms with Crippen LogP contribution in [0.2, 0.25) is 0 Å². The van der Waals surface area contributed by atoms with E-state index in [1.807, 2.05) is 0 Å². The maximum atomic E-state index is 12.7. The fraction of sp³-hybridized carbons (Fsp3) is 0.519. The number of nitrogens with zero attached hydrogens (tertiary/aromatic N) is 2. The third kappa shape index (κ3) is 5.27. The molecule has 35 heavy (non-hydrogen) atoms. The number of carbonyl (C=O) groups excluding carboxylic acids is 1. The minimum Gasteiger partial charge on any atom is -0.478 e. The number of fused-ring (bicyclic) bond motifs is 2. The minimum absolute atomic E-state index is 0.000778. The first-order chi connectivity index (χ1) is 16.7. The first-order valence-electron chi connectivity index (χ1n) is 12.3. The highest BCUT2D eigenvalue weighted by Gasteiger charge is 2.42. The Balaban J connectivity index is 0.000000314. The van der Waals surface area contributed by atoms with Crippen LogP contribution in [0.15, 0.2) is 36.5 Å². The van der Waals surface area contributed by atoms with Crippen molar-refractivity contribution in [2.75, 3.05) is 13.6 Å². The third-order valence-corrected chi connectivity index (χ3v) is 7.47. The molecule has 1 saturated heterocycles. The van der Waals surface area contributed by atoms with Crippen LogP contribution in [0.5, 0.6) is 0 Å². The zero-order valence-corrected chi connectivity index (χ0v) is 20.5. The number of hydrogen-bond donors (Lipinski definition) is 2. The van der Waals surface area contributed by atoms with Gasteiger partial charge in [-0.3, -0.25) is 4.79 Å². The summed E-state index contributed by atoms with van der Waals surface area (Å²) in [6.45, 7) is 5.32. The van der Waals surface area contributed by atoms with Crippen LogP contribution in [0.1, 0.15) is 62.6 Å². The Labute approximate surface area is 205 Å². The number of likely N-dealkylation sites (tertiary alicyclic amines) is 1. The number of esters is 1. The fourth-order valence-electron chi connectivity index (χ4n) is 5.56. The van der Waals surface area contributed by atoms with E-state index in [1.54, 1.807) is 0 Å². The highest BCUT2D eigenvalue weighted by Crippen LogP contribution is 2.45. The zero-order valence-electron chi connectivity index (χ0n) is 20.5. The number of aromatic nitrogens is 1. The largest absolute Gasteiger partial charge is 0.478 e. The van der Waals surface area contributed by atoms with Crippen molar-refractivity contribution in [1.82, 2.24) is 9.47 Å². The van der Waals surface area contributed by atoms with Gasteiger partial charge in [0.1, 0.15) is 6.10 Å². The van der Waals surface area contributed by atoms with Crippen LogP contribution in [0.3, 0.4) is 0 Å². The van der Waals surface area contributed by atoms with Crippen molar-refractivity contribution in [1.29, 1.82) is 0 Å². The van der Waals surface area contributed by atoms with Crippen molar-refractivity contribution in [3.05, 3.63) is 47.7 Å². The standard InChI is InChI=1S/C23H30N2O2.C4H4O4/c1-14(2)25-13-15-11-21-19(18-8-5-9-20(25)22(15)18)10-16(12-24(21)3)23(26)27-17-6-4-7-17;5-3(6)1-2-4(7)8/h5,8-9,13-14,16-17,19,21H,4,6-7,10-12H2,1-3H3;1-2H,(H,5,6)(H,7,8)/b;2-1-/t16-,19?,21?;/m1./s1. The lowest BCUT2D eigenvalue weighted by molar-refractivity contribution is -0.160. The number of carboxylic acid groups (broad SMARTS) is 2. The van der Waals surface area contributed by atoms with Crippen LogP contribution in [0, 0.1) is 5.92 Å². The van der Waals surface area contributed by atoms with Gasteiger partial charge in [-0.25, -0.2) is 9.59 Å². The average Bonchev–Trinajstić information content (AvgIpc) is 3.16. The summed E-state index contributed by atoms with van der Waals surface area (Å²) in [7, 11) is 2.19. The van der Waals surface area contributed by atoms with E-state index >= 15 is 0 Å². The van der Waals surface area contributed by atoms with E-state index in [0.29, 0.717) is 30.2 Å². The van der Waals surface area contributed by atoms with E-state index in [-0.39, 0.29) is 18.0 Å². The van der Waals surface area contributed by atoms with Crippen LogP contribution >= 0.6 is 0 Å². The molecule has 3 aliphatic rings. The summed E-state index contributed by atoms with van der Waals surface area (Å²) in [6, 6.07) is 7.68. The summed E-state index contributed by atoms with van der Waals surface area (Å²) in [6.07, 6.45) is 8.96. The average molecular weight is 483 g/mol. The van der Waals surface area contributed by atoms with Crippen LogP contribution in [0.25, 0.3) is 10.9 Å². The molecule has 0 radical (unpaired) electrons. The van der Waals surface area contributed by atoms with Gasteiger partial charge in [-0.15, -0.1) is 0 Å². The lowest BCUT2D eigenvalue weighted by Gasteiger charge is -2.45. The van der Waals surface area contributed by atoms with Gasteiger partial charge in [-0.1, -0.05) is 12.1 Å². The molecule has 2 aromatic rings. The Bertz CT molecular complexity index is 1130. The van der Waals surface area contributed by atoms with Gasteiger partial charge in [-0.05, 0) is 70.2 Å². The Morgan fingerprint density at radius 3 is 2.37 bits per heavy atom. The minimum atomic E-state index is -1.26. The normalized spacial score (nSPS) is 23.9. The van der Waals surface area contributed by atoms with Crippen molar-refractivity contribution in [3.8, 4) is 0 Å². The third-order valence-electron chi connectivity index (χ3n) is 7.47. The van der Waals surface area contributed by atoms with Crippen molar-refractivity contribution < 1.29 is 29.3 Å². The molecule has 1 aliphatic heterocycles. The first kappa shape index (κ1) is 25.0. The number of carbonyl (C=O) groups is 3. The van der Waals surface area contributed by atoms with Gasteiger partial charge < -0.3 is 24.4 Å². The molecule has 2 aliphatic carbocycles. The van der Waals surface area contributed by atoms with Gasteiger partial charge in [0.05, 0.1) is 5.92 Å². The molecule has 2 unspecified atom stereocenters. The Morgan fingerprint density at radius 2 is 1.80 bits per heavy atom. The van der Waals surface area contributed by atoms with Crippen LogP contribution in [-0.2, 0) is 25.5 Å². The molecule has 2 fully saturated rings. The summed E-state index contributed by atoms with van der Waals surface area (Å²) >= 11 is 0. The number of ether oxygens (including phenoxy) is 1. The number of benzene rings is 1. The number of hydrogen-bond acceptors (Lipinski definition) is 5. The molecule has 0 spiro atoms. The molecular weight excluding hydrogens is 448 g/mol. The van der Waals surface area contributed by atoms with Gasteiger partial charge in [0.25, 0.3) is 0 Å². The second kappa shape index (κ2) is 10.2. The highest BCUT2D eigenvalue weighted by atomic mass is 16.5. The SMILES string of the molecule is CC(C)n1cc2c3c(cccc31)C1C[C@@H](C(=O)OC3CCC3)CN(C)C1C2.O=C(O)/C=C\C(=O)O. The number of likely N-dealkylation sites (N-methyl/N-ethyl adjacent to an activating group) is 1. The van der Waals surface area contributed by atoms with Crippen molar-refractivity contribution in [2.45, 2.75) is 70.1 Å². The predicted molar refractivity (Wildman–Crippen MR) is 131 cm³/mol. The summed E-state index contributed by atoms with van der Waals surface area (Å²) in [5.74, 6) is -2.06. The fourth-order valence-corrected chi connectivity index (χ4v) is 5.56. The topological polar surface area (TPSA) is 109 Å². The lowest BCUT2D eigenvalue weighted by atomic mass is 9.72.